The summed E-state index contributed by atoms with van der Waals surface area (Å²) in [6, 6.07) is 6.85. The lowest BCUT2D eigenvalue weighted by Gasteiger charge is -2.22. The van der Waals surface area contributed by atoms with Crippen molar-refractivity contribution in [3.63, 3.8) is 0 Å². The summed E-state index contributed by atoms with van der Waals surface area (Å²) in [6.07, 6.45) is 3.87. The molecule has 0 aliphatic carbocycles. The molecule has 24 heavy (non-hydrogen) atoms. The van der Waals surface area contributed by atoms with Crippen LogP contribution in [0.5, 0.6) is 0 Å². The van der Waals surface area contributed by atoms with Crippen LogP contribution in [0.15, 0.2) is 46.8 Å². The topological polar surface area (TPSA) is 73.8 Å². The first-order valence-electron chi connectivity index (χ1n) is 7.49. The SMILES string of the molecule is C=CCCCN(C)C(=NC)NCc1cccc(S(=O)(=O)NC)c1.I. The second-order valence-electron chi connectivity index (χ2n) is 5.11. The van der Waals surface area contributed by atoms with Crippen molar-refractivity contribution in [2.75, 3.05) is 27.7 Å². The van der Waals surface area contributed by atoms with Crippen molar-refractivity contribution in [1.29, 1.82) is 0 Å². The Balaban J connectivity index is 0.00000529. The molecule has 0 aromatic heterocycles. The fourth-order valence-electron chi connectivity index (χ4n) is 2.09. The molecule has 0 heterocycles. The van der Waals surface area contributed by atoms with Gasteiger partial charge in [-0.05, 0) is 37.6 Å². The van der Waals surface area contributed by atoms with Gasteiger partial charge in [0.25, 0.3) is 0 Å². The van der Waals surface area contributed by atoms with E-state index in [1.54, 1.807) is 25.2 Å². The average Bonchev–Trinajstić information content (AvgIpc) is 2.56. The van der Waals surface area contributed by atoms with Crippen LogP contribution in [0.3, 0.4) is 0 Å². The molecule has 0 bridgehead atoms. The van der Waals surface area contributed by atoms with Crippen molar-refractivity contribution in [2.24, 2.45) is 4.99 Å². The number of allylic oxidation sites excluding steroid dienone is 1. The molecule has 8 heteroatoms. The van der Waals surface area contributed by atoms with Crippen LogP contribution < -0.4 is 10.0 Å². The Labute approximate surface area is 162 Å². The van der Waals surface area contributed by atoms with Crippen LogP contribution >= 0.6 is 24.0 Å². The Kier molecular flexibility index (Phi) is 10.9. The van der Waals surface area contributed by atoms with Crippen LogP contribution in [0.4, 0.5) is 0 Å². The number of hydrogen-bond donors (Lipinski definition) is 2. The Morgan fingerprint density at radius 2 is 2.12 bits per heavy atom. The minimum absolute atomic E-state index is 0. The Hall–Kier alpha value is -1.13. The largest absolute Gasteiger partial charge is 0.352 e. The third-order valence-electron chi connectivity index (χ3n) is 3.40. The van der Waals surface area contributed by atoms with Crippen molar-refractivity contribution < 1.29 is 8.42 Å². The highest BCUT2D eigenvalue weighted by Gasteiger charge is 2.11. The van der Waals surface area contributed by atoms with Crippen LogP contribution in [0.2, 0.25) is 0 Å². The third-order valence-corrected chi connectivity index (χ3v) is 4.82. The maximum absolute atomic E-state index is 11.8. The summed E-state index contributed by atoms with van der Waals surface area (Å²) in [5.74, 6) is 0.774. The van der Waals surface area contributed by atoms with Gasteiger partial charge < -0.3 is 10.2 Å². The van der Waals surface area contributed by atoms with Gasteiger partial charge in [0.2, 0.25) is 10.0 Å². The summed E-state index contributed by atoms with van der Waals surface area (Å²) >= 11 is 0. The summed E-state index contributed by atoms with van der Waals surface area (Å²) < 4.78 is 26.0. The number of unbranched alkanes of at least 4 members (excludes halogenated alkanes) is 1. The van der Waals surface area contributed by atoms with Crippen molar-refractivity contribution in [3.8, 4) is 0 Å². The Bertz CT molecular complexity index is 647. The number of hydrogen-bond acceptors (Lipinski definition) is 3. The summed E-state index contributed by atoms with van der Waals surface area (Å²) in [5, 5.41) is 3.24. The van der Waals surface area contributed by atoms with E-state index in [2.05, 4.69) is 21.6 Å². The van der Waals surface area contributed by atoms with E-state index in [-0.39, 0.29) is 28.9 Å². The second kappa shape index (κ2) is 11.4. The molecule has 0 unspecified atom stereocenters. The van der Waals surface area contributed by atoms with Gasteiger partial charge in [-0.3, -0.25) is 4.99 Å². The van der Waals surface area contributed by atoms with Crippen LogP contribution in [-0.4, -0.2) is 47.0 Å². The Morgan fingerprint density at radius 3 is 2.71 bits per heavy atom. The van der Waals surface area contributed by atoms with Crippen molar-refractivity contribution >= 4 is 40.0 Å². The van der Waals surface area contributed by atoms with Gasteiger partial charge >= 0.3 is 0 Å². The maximum atomic E-state index is 11.8. The van der Waals surface area contributed by atoms with Crippen LogP contribution in [-0.2, 0) is 16.6 Å². The number of nitrogens with one attached hydrogen (secondary N) is 2. The highest BCUT2D eigenvalue weighted by Crippen LogP contribution is 2.11. The van der Waals surface area contributed by atoms with Gasteiger partial charge in [0.1, 0.15) is 0 Å². The smallest absolute Gasteiger partial charge is 0.240 e. The molecule has 0 amide bonds. The molecule has 6 nitrogen and oxygen atoms in total. The van der Waals surface area contributed by atoms with E-state index in [0.717, 1.165) is 30.9 Å². The van der Waals surface area contributed by atoms with E-state index in [0.29, 0.717) is 6.54 Å². The molecular weight excluding hydrogens is 439 g/mol. The summed E-state index contributed by atoms with van der Waals surface area (Å²) in [5.41, 5.74) is 0.877. The molecule has 1 rings (SSSR count). The van der Waals surface area contributed by atoms with Gasteiger partial charge in [-0.2, -0.15) is 0 Å². The van der Waals surface area contributed by atoms with Crippen LogP contribution in [0, 0.1) is 0 Å². The molecule has 1 aromatic carbocycles. The first kappa shape index (κ1) is 22.9. The molecule has 2 N–H and O–H groups in total. The first-order chi connectivity index (χ1) is 10.9. The van der Waals surface area contributed by atoms with E-state index in [1.807, 2.05) is 24.1 Å². The molecule has 0 fully saturated rings. The summed E-state index contributed by atoms with van der Waals surface area (Å²) in [7, 11) is 1.68. The fourth-order valence-corrected chi connectivity index (χ4v) is 2.88. The molecule has 0 aliphatic heterocycles. The molecule has 136 valence electrons. The zero-order valence-electron chi connectivity index (χ0n) is 14.4. The minimum atomic E-state index is -3.42. The first-order valence-corrected chi connectivity index (χ1v) is 8.98. The molecule has 0 atom stereocenters. The lowest BCUT2D eigenvalue weighted by Crippen LogP contribution is -2.39. The van der Waals surface area contributed by atoms with Gasteiger partial charge in [0.15, 0.2) is 5.96 Å². The monoisotopic (exact) mass is 466 g/mol. The fraction of sp³-hybridized carbons (Fsp3) is 0.438. The molecule has 0 spiro atoms. The van der Waals surface area contributed by atoms with Gasteiger partial charge in [-0.15, -0.1) is 30.6 Å². The second-order valence-corrected chi connectivity index (χ2v) is 6.99. The highest BCUT2D eigenvalue weighted by molar-refractivity contribution is 14.0. The average molecular weight is 466 g/mol. The van der Waals surface area contributed by atoms with Crippen LogP contribution in [0.1, 0.15) is 18.4 Å². The van der Waals surface area contributed by atoms with E-state index in [9.17, 15) is 8.42 Å². The van der Waals surface area contributed by atoms with E-state index in [4.69, 9.17) is 0 Å². The zero-order chi connectivity index (χ0) is 17.3. The van der Waals surface area contributed by atoms with Gasteiger partial charge in [0.05, 0.1) is 4.90 Å². The van der Waals surface area contributed by atoms with E-state index < -0.39 is 10.0 Å². The number of nitrogens with zero attached hydrogens (tertiary/aromatic N) is 2. The normalized spacial score (nSPS) is 11.5. The quantitative estimate of drug-likeness (QED) is 0.203. The zero-order valence-corrected chi connectivity index (χ0v) is 17.6. The summed E-state index contributed by atoms with van der Waals surface area (Å²) in [4.78, 5) is 6.54. The highest BCUT2D eigenvalue weighted by atomic mass is 127. The van der Waals surface area contributed by atoms with Gasteiger partial charge in [-0.1, -0.05) is 18.2 Å². The molecule has 0 saturated heterocycles. The Morgan fingerprint density at radius 1 is 1.42 bits per heavy atom. The van der Waals surface area contributed by atoms with Crippen molar-refractivity contribution in [3.05, 3.63) is 42.5 Å². The number of sulfonamides is 1. The predicted molar refractivity (Wildman–Crippen MR) is 110 cm³/mol. The standard InChI is InChI=1S/C16H26N4O2S.HI/c1-5-6-7-11-20(4)16(17-2)19-13-14-9-8-10-15(12-14)23(21,22)18-3;/h5,8-10,12,18H,1,6-7,11,13H2,2-4H3,(H,17,19);1H. The molecule has 0 saturated carbocycles. The molecule has 1 aromatic rings. The third kappa shape index (κ3) is 7.18. The number of benzene rings is 1. The number of rotatable bonds is 8. The van der Waals surface area contributed by atoms with Crippen molar-refractivity contribution in [2.45, 2.75) is 24.3 Å². The lowest BCUT2D eigenvalue weighted by molar-refractivity contribution is 0.470. The van der Waals surface area contributed by atoms with Crippen LogP contribution in [0.25, 0.3) is 0 Å². The van der Waals surface area contributed by atoms with Crippen molar-refractivity contribution in [1.82, 2.24) is 14.9 Å². The summed E-state index contributed by atoms with van der Waals surface area (Å²) in [6.45, 7) is 5.10. The van der Waals surface area contributed by atoms with Gasteiger partial charge in [0, 0.05) is 27.2 Å². The number of halogens is 1. The molecular formula is C16H27IN4O2S. The minimum Gasteiger partial charge on any atom is -0.352 e. The maximum Gasteiger partial charge on any atom is 0.240 e. The predicted octanol–water partition coefficient (Wildman–Crippen LogP) is 2.19. The molecule has 0 radical (unpaired) electrons. The van der Waals surface area contributed by atoms with Gasteiger partial charge in [-0.25, -0.2) is 13.1 Å². The number of guanidine groups is 1. The van der Waals surface area contributed by atoms with E-state index in [1.165, 1.54) is 7.05 Å². The molecule has 0 aliphatic rings. The van der Waals surface area contributed by atoms with E-state index >= 15 is 0 Å². The lowest BCUT2D eigenvalue weighted by atomic mass is 10.2. The number of aliphatic imine (C=N–C) groups is 1.